The van der Waals surface area contributed by atoms with Gasteiger partial charge in [0.1, 0.15) is 0 Å². The van der Waals surface area contributed by atoms with Gasteiger partial charge in [-0.05, 0) is 0 Å². The van der Waals surface area contributed by atoms with E-state index in [0.717, 1.165) is 0 Å². The van der Waals surface area contributed by atoms with Crippen LogP contribution in [-0.2, 0) is 9.13 Å². The number of rotatable bonds is 0. The van der Waals surface area contributed by atoms with Crippen LogP contribution in [0.1, 0.15) is 0 Å². The SMILES string of the molecule is O=P([O-])([O-])O.O=P([O-])([O-])O.[ClH2+].[K+].[K+].[Na+]. The predicted octanol–water partition coefficient (Wildman–Crippen LogP) is -13.9. The summed E-state index contributed by atoms with van der Waals surface area (Å²) >= 11 is 0. The molecule has 0 rings (SSSR count). The van der Waals surface area contributed by atoms with E-state index in [1.165, 1.54) is 0 Å². The molecule has 0 fully saturated rings. The maximum Gasteiger partial charge on any atom is 1.00 e. The average Bonchev–Trinajstić information content (AvgIpc) is 1.12. The maximum absolute atomic E-state index is 8.66. The van der Waals surface area contributed by atoms with E-state index in [-0.39, 0.29) is 145 Å². The molecule has 0 radical (unpaired) electrons. The molecule has 0 unspecified atom stereocenters. The maximum atomic E-state index is 8.66. The van der Waals surface area contributed by atoms with E-state index in [0.29, 0.717) is 0 Å². The van der Waals surface area contributed by atoms with Crippen LogP contribution in [0.3, 0.4) is 0 Å². The first-order chi connectivity index (χ1) is 4.00. The standard InChI is InChI=1S/ClH2.2K.Na.2H3O4P/c;;;;2*1-5(2,3)4/h1H2;;;;2*(H3,1,2,3,4)/q4*+1;;/p-4. The molecule has 8 nitrogen and oxygen atoms in total. The minimum atomic E-state index is -5.14. The van der Waals surface area contributed by atoms with E-state index < -0.39 is 15.6 Å². The molecule has 0 aliphatic heterocycles. The molecule has 14 heteroatoms. The molecule has 2 N–H and O–H groups in total. The Balaban J connectivity index is -0.0000000178. The van der Waals surface area contributed by atoms with E-state index >= 15 is 0 Å². The van der Waals surface area contributed by atoms with Gasteiger partial charge in [-0.15, -0.1) is 0 Å². The molecular formula is H4ClK2NaO8P2. The molecule has 0 aromatic carbocycles. The van der Waals surface area contributed by atoms with Crippen LogP contribution in [0.25, 0.3) is 0 Å². The first-order valence-electron chi connectivity index (χ1n) is 1.50. The van der Waals surface area contributed by atoms with Gasteiger partial charge >= 0.3 is 132 Å². The minimum absolute atomic E-state index is 0. The second kappa shape index (κ2) is 17.8. The molecule has 0 aliphatic carbocycles. The first-order valence-corrected chi connectivity index (χ1v) is 4.49. The van der Waals surface area contributed by atoms with Crippen LogP contribution in [0.15, 0.2) is 0 Å². The zero-order valence-electron chi connectivity index (χ0n) is 7.69. The van der Waals surface area contributed by atoms with Gasteiger partial charge in [0, 0.05) is 0 Å². The van der Waals surface area contributed by atoms with Crippen molar-refractivity contribution < 1.29 is 183 Å². The Kier molecular flexibility index (Phi) is 46.2. The summed E-state index contributed by atoms with van der Waals surface area (Å²) in [7, 11) is -10.3. The van der Waals surface area contributed by atoms with E-state index in [2.05, 4.69) is 0 Å². The normalized spacial score (nSPS) is 8.43. The van der Waals surface area contributed by atoms with Crippen molar-refractivity contribution in [2.75, 3.05) is 0 Å². The van der Waals surface area contributed by atoms with Crippen LogP contribution in [0.4, 0.5) is 0 Å². The quantitative estimate of drug-likeness (QED) is 0.326. The topological polar surface area (TPSA) is 167 Å². The fourth-order valence-electron chi connectivity index (χ4n) is 0. The average molecular weight is 331 g/mol. The summed E-state index contributed by atoms with van der Waals surface area (Å²) in [6.07, 6.45) is 0. The molecule has 0 saturated heterocycles. The summed E-state index contributed by atoms with van der Waals surface area (Å²) < 4.78 is 17.3. The van der Waals surface area contributed by atoms with Gasteiger partial charge < -0.3 is 38.5 Å². The van der Waals surface area contributed by atoms with Gasteiger partial charge in [-0.3, -0.25) is 0 Å². The van der Waals surface area contributed by atoms with Crippen molar-refractivity contribution in [1.82, 2.24) is 0 Å². The van der Waals surface area contributed by atoms with Gasteiger partial charge in [0.2, 0.25) is 0 Å². The largest absolute Gasteiger partial charge is 1.00 e. The Morgan fingerprint density at radius 2 is 0.786 bits per heavy atom. The van der Waals surface area contributed by atoms with Crippen molar-refractivity contribution >= 4 is 15.6 Å². The van der Waals surface area contributed by atoms with Gasteiger partial charge in [-0.1, -0.05) is 0 Å². The summed E-state index contributed by atoms with van der Waals surface area (Å²) in [5.74, 6) is 0. The van der Waals surface area contributed by atoms with Crippen LogP contribution in [0.5, 0.6) is 0 Å². The first kappa shape index (κ1) is 36.4. The van der Waals surface area contributed by atoms with Crippen molar-refractivity contribution in [1.29, 1.82) is 0 Å². The monoisotopic (exact) mass is 330 g/mol. The second-order valence-electron chi connectivity index (χ2n) is 0.937. The molecule has 0 bridgehead atoms. The van der Waals surface area contributed by atoms with Gasteiger partial charge in [0.25, 0.3) is 0 Å². The van der Waals surface area contributed by atoms with Crippen molar-refractivity contribution in [3.8, 4) is 0 Å². The smallest absolute Gasteiger partial charge is 0.790 e. The molecule has 14 heavy (non-hydrogen) atoms. The number of phosphoric acid groups is 2. The molecule has 0 amide bonds. The third-order valence-electron chi connectivity index (χ3n) is 0. The van der Waals surface area contributed by atoms with Crippen molar-refractivity contribution in [3.63, 3.8) is 0 Å². The molecular weight excluding hydrogens is 327 g/mol. The zero-order valence-corrected chi connectivity index (χ0v) is 18.6. The summed E-state index contributed by atoms with van der Waals surface area (Å²) in [6.45, 7) is 0. The van der Waals surface area contributed by atoms with Crippen molar-refractivity contribution in [3.05, 3.63) is 0 Å². The Labute approximate surface area is 194 Å². The van der Waals surface area contributed by atoms with Crippen LogP contribution in [-0.4, -0.2) is 9.79 Å². The van der Waals surface area contributed by atoms with Gasteiger partial charge in [0.05, 0.1) is 28.1 Å². The Bertz CT molecular complexity index is 138. The number of hydrogen-bond acceptors (Lipinski definition) is 6. The fourth-order valence-corrected chi connectivity index (χ4v) is 0. The number of halogens is 1. The molecule has 0 aromatic heterocycles. The van der Waals surface area contributed by atoms with Gasteiger partial charge in [-0.25, -0.2) is 0 Å². The molecule has 72 valence electrons. The summed E-state index contributed by atoms with van der Waals surface area (Å²) in [6, 6.07) is 0. The van der Waals surface area contributed by atoms with E-state index in [1.807, 2.05) is 0 Å². The molecule has 0 atom stereocenters. The third-order valence-corrected chi connectivity index (χ3v) is 0. The van der Waals surface area contributed by atoms with Gasteiger partial charge in [0.15, 0.2) is 0 Å². The van der Waals surface area contributed by atoms with Crippen molar-refractivity contribution in [2.45, 2.75) is 0 Å². The van der Waals surface area contributed by atoms with Crippen LogP contribution in [0, 0.1) is 12.4 Å². The Hall–Kier alpha value is 4.78. The summed E-state index contributed by atoms with van der Waals surface area (Å²) in [5, 5.41) is 0. The second-order valence-corrected chi connectivity index (χ2v) is 2.81. The number of hydrogen-bond donors (Lipinski definition) is 2. The van der Waals surface area contributed by atoms with E-state index in [9.17, 15) is 0 Å². The van der Waals surface area contributed by atoms with E-state index in [1.54, 1.807) is 0 Å². The third kappa shape index (κ3) is 183. The van der Waals surface area contributed by atoms with Gasteiger partial charge in [-0.2, -0.15) is 0 Å². The van der Waals surface area contributed by atoms with Crippen LogP contribution >= 0.6 is 15.6 Å². The zero-order chi connectivity index (χ0) is 9.00. The van der Waals surface area contributed by atoms with Crippen molar-refractivity contribution in [2.24, 2.45) is 0 Å². The molecule has 0 saturated carbocycles. The fraction of sp³-hybridized carbons (Fsp3) is 0. The molecule has 0 heterocycles. The minimum Gasteiger partial charge on any atom is -0.790 e. The Morgan fingerprint density at radius 3 is 0.786 bits per heavy atom. The molecule has 0 aromatic rings. The Morgan fingerprint density at radius 1 is 0.786 bits per heavy atom. The molecule has 0 aliphatic rings. The van der Waals surface area contributed by atoms with Crippen LogP contribution < -0.4 is 152 Å². The summed E-state index contributed by atoms with van der Waals surface area (Å²) in [5.41, 5.74) is 0. The van der Waals surface area contributed by atoms with E-state index in [4.69, 9.17) is 38.5 Å². The van der Waals surface area contributed by atoms with Crippen LogP contribution in [0.2, 0.25) is 0 Å². The predicted molar refractivity (Wildman–Crippen MR) is 22.4 cm³/mol. The summed E-state index contributed by atoms with van der Waals surface area (Å²) in [4.78, 5) is 48.6. The molecule has 0 spiro atoms.